The summed E-state index contributed by atoms with van der Waals surface area (Å²) in [5.74, 6) is -0.159. The molecule has 2 aromatic heterocycles. The number of amides is 1. The highest BCUT2D eigenvalue weighted by Gasteiger charge is 2.19. The number of rotatable bonds is 2. The minimum absolute atomic E-state index is 0.159. The van der Waals surface area contributed by atoms with Gasteiger partial charge >= 0.3 is 0 Å². The van der Waals surface area contributed by atoms with Gasteiger partial charge in [0.1, 0.15) is 4.88 Å². The smallest absolute Gasteiger partial charge is 0.261 e. The van der Waals surface area contributed by atoms with Crippen molar-refractivity contribution >= 4 is 33.2 Å². The normalized spacial score (nSPS) is 16.0. The second-order valence-electron chi connectivity index (χ2n) is 5.98. The van der Waals surface area contributed by atoms with Crippen molar-refractivity contribution < 1.29 is 4.79 Å². The highest BCUT2D eigenvalue weighted by Crippen LogP contribution is 2.21. The van der Waals surface area contributed by atoms with Gasteiger partial charge in [0.05, 0.1) is 11.0 Å². The number of nitrogens with one attached hydrogen (secondary N) is 1. The molecule has 1 aromatic carbocycles. The molecule has 0 radical (unpaired) electrons. The van der Waals surface area contributed by atoms with E-state index in [1.807, 2.05) is 24.3 Å². The number of imidazole rings is 1. The lowest BCUT2D eigenvalue weighted by Gasteiger charge is -2.22. The molecule has 6 heteroatoms. The first-order valence-electron chi connectivity index (χ1n) is 7.94. The zero-order valence-corrected chi connectivity index (χ0v) is 13.4. The molecular formula is C17H17N3O2S. The van der Waals surface area contributed by atoms with Crippen molar-refractivity contribution in [2.45, 2.75) is 38.1 Å². The van der Waals surface area contributed by atoms with Gasteiger partial charge in [0.25, 0.3) is 11.5 Å². The monoisotopic (exact) mass is 327 g/mol. The van der Waals surface area contributed by atoms with Crippen LogP contribution >= 0.6 is 11.3 Å². The van der Waals surface area contributed by atoms with Crippen LogP contribution in [0.2, 0.25) is 0 Å². The van der Waals surface area contributed by atoms with Crippen LogP contribution < -0.4 is 10.9 Å². The van der Waals surface area contributed by atoms with E-state index < -0.39 is 0 Å². The molecule has 2 heterocycles. The number of carbonyl (C=O) groups excluding carboxylic acids is 1. The molecule has 4 rings (SSSR count). The van der Waals surface area contributed by atoms with Crippen LogP contribution in [0.15, 0.2) is 35.1 Å². The quantitative estimate of drug-likeness (QED) is 0.787. The maximum Gasteiger partial charge on any atom is 0.261 e. The van der Waals surface area contributed by atoms with Crippen LogP contribution in [0, 0.1) is 0 Å². The van der Waals surface area contributed by atoms with Crippen LogP contribution in [-0.4, -0.2) is 21.3 Å². The van der Waals surface area contributed by atoms with E-state index in [1.165, 1.54) is 23.8 Å². The summed E-state index contributed by atoms with van der Waals surface area (Å²) in [6.07, 6.45) is 5.61. The molecule has 0 spiro atoms. The van der Waals surface area contributed by atoms with Crippen LogP contribution in [0.5, 0.6) is 0 Å². The van der Waals surface area contributed by atoms with Crippen molar-refractivity contribution in [1.82, 2.24) is 14.7 Å². The van der Waals surface area contributed by atoms with E-state index in [9.17, 15) is 9.59 Å². The van der Waals surface area contributed by atoms with E-state index in [4.69, 9.17) is 0 Å². The molecule has 1 saturated carbocycles. The number of benzene rings is 1. The van der Waals surface area contributed by atoms with Crippen molar-refractivity contribution in [2.24, 2.45) is 0 Å². The second kappa shape index (κ2) is 5.77. The van der Waals surface area contributed by atoms with Gasteiger partial charge in [0.2, 0.25) is 0 Å². The fraction of sp³-hybridized carbons (Fsp3) is 0.353. The average Bonchev–Trinajstić information content (AvgIpc) is 2.94. The number of carbonyl (C=O) groups is 1. The Balaban J connectivity index is 1.71. The fourth-order valence-electron chi connectivity index (χ4n) is 3.21. The Bertz CT molecular complexity index is 938. The zero-order chi connectivity index (χ0) is 15.8. The van der Waals surface area contributed by atoms with Crippen LogP contribution in [0.4, 0.5) is 0 Å². The lowest BCUT2D eigenvalue weighted by molar-refractivity contribution is 0.0931. The molecule has 1 amide bonds. The first kappa shape index (κ1) is 14.4. The second-order valence-corrected chi connectivity index (χ2v) is 6.98. The molecule has 0 bridgehead atoms. The third-order valence-electron chi connectivity index (χ3n) is 4.37. The summed E-state index contributed by atoms with van der Waals surface area (Å²) >= 11 is 1.26. The molecule has 0 aliphatic heterocycles. The van der Waals surface area contributed by atoms with Crippen LogP contribution in [0.25, 0.3) is 16.0 Å². The number of fused-ring (bicyclic) bond motifs is 3. The Morgan fingerprint density at radius 2 is 2.00 bits per heavy atom. The molecule has 0 saturated heterocycles. The highest BCUT2D eigenvalue weighted by atomic mass is 32.1. The standard InChI is InChI=1S/C17H17N3O2S/c21-15-10-14(16(22)18-11-6-2-1-3-7-11)23-17-19-12-8-4-5-9-13(12)20(15)17/h4-5,8-11H,1-3,6-7H2,(H,18,22). The summed E-state index contributed by atoms with van der Waals surface area (Å²) in [5, 5.41) is 3.06. The fourth-order valence-corrected chi connectivity index (χ4v) is 4.14. The third-order valence-corrected chi connectivity index (χ3v) is 5.35. The molecule has 3 aromatic rings. The molecule has 1 aliphatic carbocycles. The number of hydrogen-bond acceptors (Lipinski definition) is 4. The minimum Gasteiger partial charge on any atom is -0.349 e. The lowest BCUT2D eigenvalue weighted by Crippen LogP contribution is -2.36. The first-order valence-corrected chi connectivity index (χ1v) is 8.76. The topological polar surface area (TPSA) is 63.5 Å². The van der Waals surface area contributed by atoms with Crippen molar-refractivity contribution in [3.05, 3.63) is 45.6 Å². The van der Waals surface area contributed by atoms with E-state index in [0.29, 0.717) is 9.84 Å². The van der Waals surface area contributed by atoms with Crippen molar-refractivity contribution in [2.75, 3.05) is 0 Å². The lowest BCUT2D eigenvalue weighted by atomic mass is 9.95. The van der Waals surface area contributed by atoms with Crippen molar-refractivity contribution in [3.8, 4) is 0 Å². The summed E-state index contributed by atoms with van der Waals surface area (Å²) in [5.41, 5.74) is 1.34. The summed E-state index contributed by atoms with van der Waals surface area (Å²) in [7, 11) is 0. The summed E-state index contributed by atoms with van der Waals surface area (Å²) in [4.78, 5) is 30.3. The predicted molar refractivity (Wildman–Crippen MR) is 91.2 cm³/mol. The van der Waals surface area contributed by atoms with Gasteiger partial charge in [0, 0.05) is 12.1 Å². The maximum absolute atomic E-state index is 12.4. The van der Waals surface area contributed by atoms with E-state index in [0.717, 1.165) is 36.7 Å². The van der Waals surface area contributed by atoms with Crippen LogP contribution in [0.3, 0.4) is 0 Å². The number of aromatic nitrogens is 2. The number of para-hydroxylation sites is 2. The van der Waals surface area contributed by atoms with Crippen molar-refractivity contribution in [1.29, 1.82) is 0 Å². The van der Waals surface area contributed by atoms with E-state index in [1.54, 1.807) is 4.40 Å². The number of hydrogen-bond donors (Lipinski definition) is 1. The average molecular weight is 327 g/mol. The van der Waals surface area contributed by atoms with Gasteiger partial charge in [-0.2, -0.15) is 0 Å². The van der Waals surface area contributed by atoms with Gasteiger partial charge in [-0.1, -0.05) is 42.7 Å². The zero-order valence-electron chi connectivity index (χ0n) is 12.6. The highest BCUT2D eigenvalue weighted by molar-refractivity contribution is 7.18. The Morgan fingerprint density at radius 3 is 2.83 bits per heavy atom. The molecule has 5 nitrogen and oxygen atoms in total. The largest absolute Gasteiger partial charge is 0.349 e. The summed E-state index contributed by atoms with van der Waals surface area (Å²) < 4.78 is 1.57. The maximum atomic E-state index is 12.4. The molecule has 1 fully saturated rings. The van der Waals surface area contributed by atoms with Gasteiger partial charge in [-0.05, 0) is 25.0 Å². The molecule has 118 valence electrons. The van der Waals surface area contributed by atoms with Gasteiger partial charge in [-0.25, -0.2) is 4.98 Å². The van der Waals surface area contributed by atoms with E-state index in [-0.39, 0.29) is 17.5 Å². The Kier molecular flexibility index (Phi) is 3.61. The van der Waals surface area contributed by atoms with Gasteiger partial charge in [-0.15, -0.1) is 0 Å². The first-order chi connectivity index (χ1) is 11.2. The summed E-state index contributed by atoms with van der Waals surface area (Å²) in [6.45, 7) is 0. The third kappa shape index (κ3) is 2.63. The van der Waals surface area contributed by atoms with Gasteiger partial charge in [0.15, 0.2) is 4.96 Å². The summed E-state index contributed by atoms with van der Waals surface area (Å²) in [6, 6.07) is 9.16. The molecular weight excluding hydrogens is 310 g/mol. The molecule has 0 unspecified atom stereocenters. The minimum atomic E-state index is -0.207. The van der Waals surface area contributed by atoms with E-state index in [2.05, 4.69) is 10.3 Å². The predicted octanol–water partition coefficient (Wildman–Crippen LogP) is 2.97. The Labute approximate surface area is 137 Å². The molecule has 23 heavy (non-hydrogen) atoms. The van der Waals surface area contributed by atoms with Gasteiger partial charge in [-0.3, -0.25) is 14.0 Å². The number of nitrogens with zero attached hydrogens (tertiary/aromatic N) is 2. The Morgan fingerprint density at radius 1 is 1.22 bits per heavy atom. The molecule has 1 N–H and O–H groups in total. The Hall–Kier alpha value is -2.21. The van der Waals surface area contributed by atoms with Crippen LogP contribution in [0.1, 0.15) is 41.8 Å². The SMILES string of the molecule is O=C(NC1CCCCC1)c1cc(=O)n2c(nc3ccccc32)s1. The van der Waals surface area contributed by atoms with Gasteiger partial charge < -0.3 is 5.32 Å². The molecule has 1 aliphatic rings. The van der Waals surface area contributed by atoms with E-state index >= 15 is 0 Å². The van der Waals surface area contributed by atoms with Crippen LogP contribution in [-0.2, 0) is 0 Å². The molecule has 0 atom stereocenters. The van der Waals surface area contributed by atoms with Crippen molar-refractivity contribution in [3.63, 3.8) is 0 Å².